The van der Waals surface area contributed by atoms with Crippen LogP contribution in [0.3, 0.4) is 0 Å². The lowest BCUT2D eigenvalue weighted by Gasteiger charge is -2.40. The molecule has 212 valence electrons. The fourth-order valence-corrected chi connectivity index (χ4v) is 6.16. The molecule has 2 amide bonds. The zero-order chi connectivity index (χ0) is 28.2. The predicted molar refractivity (Wildman–Crippen MR) is 157 cm³/mol. The molecule has 6 rings (SSSR count). The van der Waals surface area contributed by atoms with E-state index in [2.05, 4.69) is 27.3 Å². The molecule has 0 saturated carbocycles. The van der Waals surface area contributed by atoms with Crippen LogP contribution in [0.25, 0.3) is 22.3 Å². The highest BCUT2D eigenvalue weighted by Gasteiger charge is 2.32. The van der Waals surface area contributed by atoms with E-state index < -0.39 is 6.09 Å². The maximum atomic E-state index is 12.9. The molecule has 2 aliphatic rings. The summed E-state index contributed by atoms with van der Waals surface area (Å²) in [7, 11) is 0. The number of carbonyl (C=O) groups is 2. The number of nitrogens with zero attached hydrogens (tertiary/aromatic N) is 6. The lowest BCUT2D eigenvalue weighted by Crippen LogP contribution is -2.42. The van der Waals surface area contributed by atoms with Crippen molar-refractivity contribution in [3.05, 3.63) is 72.8 Å². The molecular formula is C31H35N7O3. The molecule has 2 saturated heterocycles. The maximum absolute atomic E-state index is 12.9. The Morgan fingerprint density at radius 3 is 2.32 bits per heavy atom. The number of rotatable bonds is 7. The molecule has 10 heteroatoms. The Kier molecular flexibility index (Phi) is 7.80. The van der Waals surface area contributed by atoms with E-state index in [1.807, 2.05) is 47.2 Å². The van der Waals surface area contributed by atoms with Crippen LogP contribution >= 0.6 is 0 Å². The fourth-order valence-electron chi connectivity index (χ4n) is 6.16. The second-order valence-corrected chi connectivity index (χ2v) is 11.0. The van der Waals surface area contributed by atoms with Crippen molar-refractivity contribution in [2.75, 3.05) is 37.6 Å². The lowest BCUT2D eigenvalue weighted by molar-refractivity contribution is 0.0952. The SMILES string of the molecule is O=C(NCCn1ccnc1)c1ccc2nc(N3CCC(C4CCN(C(=O)O)CC4)CC3)c(-c3ccccc3)nc2c1. The Hall–Kier alpha value is -4.47. The normalized spacial score (nSPS) is 16.7. The highest BCUT2D eigenvalue weighted by atomic mass is 16.4. The summed E-state index contributed by atoms with van der Waals surface area (Å²) >= 11 is 0. The smallest absolute Gasteiger partial charge is 0.407 e. The third-order valence-electron chi connectivity index (χ3n) is 8.49. The minimum atomic E-state index is -0.806. The number of hydrogen-bond donors (Lipinski definition) is 2. The van der Waals surface area contributed by atoms with Crippen molar-refractivity contribution in [3.8, 4) is 11.3 Å². The molecule has 10 nitrogen and oxygen atoms in total. The first-order valence-corrected chi connectivity index (χ1v) is 14.4. The molecule has 4 aromatic rings. The van der Waals surface area contributed by atoms with Crippen LogP contribution in [0, 0.1) is 11.8 Å². The molecule has 0 bridgehead atoms. The topological polar surface area (TPSA) is 116 Å². The molecule has 0 unspecified atom stereocenters. The second-order valence-electron chi connectivity index (χ2n) is 11.0. The first-order chi connectivity index (χ1) is 20.0. The predicted octanol–water partition coefficient (Wildman–Crippen LogP) is 4.53. The zero-order valence-corrected chi connectivity index (χ0v) is 23.0. The van der Waals surface area contributed by atoms with E-state index in [0.29, 0.717) is 49.1 Å². The lowest BCUT2D eigenvalue weighted by atomic mass is 9.79. The fraction of sp³-hybridized carbons (Fsp3) is 0.387. The van der Waals surface area contributed by atoms with Gasteiger partial charge in [-0.1, -0.05) is 30.3 Å². The molecule has 2 N–H and O–H groups in total. The van der Waals surface area contributed by atoms with Crippen LogP contribution in [0.2, 0.25) is 0 Å². The third kappa shape index (κ3) is 6.01. The maximum Gasteiger partial charge on any atom is 0.407 e. The van der Waals surface area contributed by atoms with Crippen molar-refractivity contribution in [2.24, 2.45) is 11.8 Å². The number of imidazole rings is 1. The number of benzene rings is 2. The van der Waals surface area contributed by atoms with Gasteiger partial charge < -0.3 is 24.8 Å². The van der Waals surface area contributed by atoms with Gasteiger partial charge in [0.15, 0.2) is 5.82 Å². The molecule has 41 heavy (non-hydrogen) atoms. The standard InChI is InChI=1S/C31H35N7O3/c39-30(33-13-19-36-18-12-32-21-36)25-6-7-26-27(20-25)34-28(24-4-2-1-3-5-24)29(35-26)37-14-8-22(9-15-37)23-10-16-38(17-11-23)31(40)41/h1-7,12,18,20-23H,8-11,13-17,19H2,(H,33,39)(H,40,41). The van der Waals surface area contributed by atoms with Crippen LogP contribution in [0.4, 0.5) is 10.6 Å². The van der Waals surface area contributed by atoms with Gasteiger partial charge in [-0.05, 0) is 55.7 Å². The summed E-state index contributed by atoms with van der Waals surface area (Å²) in [6.07, 6.45) is 8.52. The number of fused-ring (bicyclic) bond motifs is 1. The van der Waals surface area contributed by atoms with Gasteiger partial charge in [-0.3, -0.25) is 4.79 Å². The van der Waals surface area contributed by atoms with E-state index in [0.717, 1.165) is 61.4 Å². The van der Waals surface area contributed by atoms with Crippen molar-refractivity contribution in [3.63, 3.8) is 0 Å². The van der Waals surface area contributed by atoms with E-state index in [9.17, 15) is 14.7 Å². The first-order valence-electron chi connectivity index (χ1n) is 14.4. The van der Waals surface area contributed by atoms with Gasteiger partial charge in [-0.25, -0.2) is 19.7 Å². The number of piperidine rings is 2. The van der Waals surface area contributed by atoms with Crippen molar-refractivity contribution in [1.82, 2.24) is 29.7 Å². The highest BCUT2D eigenvalue weighted by molar-refractivity contribution is 5.98. The molecule has 0 spiro atoms. The number of likely N-dealkylation sites (tertiary alicyclic amines) is 1. The van der Waals surface area contributed by atoms with Gasteiger partial charge in [0.1, 0.15) is 5.69 Å². The molecule has 0 aliphatic carbocycles. The molecular weight excluding hydrogens is 518 g/mol. The summed E-state index contributed by atoms with van der Waals surface area (Å²) in [5.74, 6) is 1.91. The molecule has 2 aromatic carbocycles. The summed E-state index contributed by atoms with van der Waals surface area (Å²) < 4.78 is 1.92. The van der Waals surface area contributed by atoms with E-state index in [1.54, 1.807) is 17.4 Å². The van der Waals surface area contributed by atoms with Gasteiger partial charge in [-0.15, -0.1) is 0 Å². The molecule has 0 atom stereocenters. The van der Waals surface area contributed by atoms with Crippen molar-refractivity contribution in [2.45, 2.75) is 32.2 Å². The number of amides is 2. The summed E-state index contributed by atoms with van der Waals surface area (Å²) in [4.78, 5) is 42.2. The van der Waals surface area contributed by atoms with E-state index in [-0.39, 0.29) is 5.91 Å². The summed E-state index contributed by atoms with van der Waals surface area (Å²) in [6, 6.07) is 15.6. The molecule has 2 aromatic heterocycles. The van der Waals surface area contributed by atoms with Crippen molar-refractivity contribution >= 4 is 28.9 Å². The first kappa shape index (κ1) is 26.7. The number of aromatic nitrogens is 4. The van der Waals surface area contributed by atoms with Gasteiger partial charge in [-0.2, -0.15) is 0 Å². The highest BCUT2D eigenvalue weighted by Crippen LogP contribution is 2.36. The number of carbonyl (C=O) groups excluding carboxylic acids is 1. The molecule has 0 radical (unpaired) electrons. The molecule has 4 heterocycles. The van der Waals surface area contributed by atoms with E-state index in [4.69, 9.17) is 9.97 Å². The Labute approximate surface area is 239 Å². The average Bonchev–Trinajstić information content (AvgIpc) is 3.54. The largest absolute Gasteiger partial charge is 0.465 e. The van der Waals surface area contributed by atoms with Crippen LogP contribution in [0.1, 0.15) is 36.0 Å². The number of nitrogens with one attached hydrogen (secondary N) is 1. The Balaban J connectivity index is 1.19. The molecule has 2 fully saturated rings. The number of hydrogen-bond acceptors (Lipinski definition) is 6. The quantitative estimate of drug-likeness (QED) is 0.345. The average molecular weight is 554 g/mol. The zero-order valence-electron chi connectivity index (χ0n) is 23.0. The summed E-state index contributed by atoms with van der Waals surface area (Å²) in [5, 5.41) is 12.3. The Morgan fingerprint density at radius 2 is 1.63 bits per heavy atom. The van der Waals surface area contributed by atoms with Gasteiger partial charge in [0.2, 0.25) is 0 Å². The van der Waals surface area contributed by atoms with E-state index in [1.165, 1.54) is 0 Å². The second kappa shape index (κ2) is 12.0. The van der Waals surface area contributed by atoms with Crippen LogP contribution in [0.15, 0.2) is 67.3 Å². The summed E-state index contributed by atoms with van der Waals surface area (Å²) in [5.41, 5.74) is 3.82. The van der Waals surface area contributed by atoms with Gasteiger partial charge in [0.25, 0.3) is 5.91 Å². The monoisotopic (exact) mass is 553 g/mol. The summed E-state index contributed by atoms with van der Waals surface area (Å²) in [6.45, 7) is 4.21. The molecule has 2 aliphatic heterocycles. The van der Waals surface area contributed by atoms with Gasteiger partial charge in [0, 0.05) is 62.8 Å². The number of carboxylic acid groups (broad SMARTS) is 1. The Bertz CT molecular complexity index is 1490. The third-order valence-corrected chi connectivity index (χ3v) is 8.49. The van der Waals surface area contributed by atoms with Crippen molar-refractivity contribution < 1.29 is 14.7 Å². The minimum absolute atomic E-state index is 0.143. The van der Waals surface area contributed by atoms with Gasteiger partial charge in [0.05, 0.1) is 17.4 Å². The van der Waals surface area contributed by atoms with Crippen molar-refractivity contribution in [1.29, 1.82) is 0 Å². The van der Waals surface area contributed by atoms with Crippen LogP contribution in [-0.4, -0.2) is 74.2 Å². The van der Waals surface area contributed by atoms with Crippen LogP contribution < -0.4 is 10.2 Å². The van der Waals surface area contributed by atoms with Crippen LogP contribution in [-0.2, 0) is 6.54 Å². The van der Waals surface area contributed by atoms with Crippen LogP contribution in [0.5, 0.6) is 0 Å². The van der Waals surface area contributed by atoms with E-state index >= 15 is 0 Å². The number of anilines is 1. The minimum Gasteiger partial charge on any atom is -0.465 e. The van der Waals surface area contributed by atoms with Gasteiger partial charge >= 0.3 is 6.09 Å². The Morgan fingerprint density at radius 1 is 0.902 bits per heavy atom.